The van der Waals surface area contributed by atoms with E-state index in [0.29, 0.717) is 0 Å². The monoisotopic (exact) mass is 283 g/mol. The van der Waals surface area contributed by atoms with Crippen LogP contribution < -0.4 is 5.73 Å². The molecule has 0 aliphatic carbocycles. The third kappa shape index (κ3) is 31.7. The van der Waals surface area contributed by atoms with E-state index in [2.05, 4.69) is 15.2 Å². The van der Waals surface area contributed by atoms with Crippen LogP contribution in [0, 0.1) is 0 Å². The molecule has 1 amide bonds. The number of amides is 1. The number of halogens is 3. The molecule has 0 bridgehead atoms. The standard InChI is InChI=1S/C3H4Cl2O2.C3H6ClNO2.H2O/c2*1-2(4)7-3(5)6;/h2H,1H3;2H,1H3,(H2,5,6);1H2. The summed E-state index contributed by atoms with van der Waals surface area (Å²) in [7, 11) is 0. The largest absolute Gasteiger partial charge is 0.434 e. The van der Waals surface area contributed by atoms with Crippen LogP contribution in [0.4, 0.5) is 9.59 Å². The van der Waals surface area contributed by atoms with E-state index in [-0.39, 0.29) is 5.48 Å². The summed E-state index contributed by atoms with van der Waals surface area (Å²) in [5.41, 5.74) is 2.41. The Balaban J connectivity index is -0.000000180. The van der Waals surface area contributed by atoms with Crippen molar-refractivity contribution in [3.05, 3.63) is 0 Å². The predicted molar refractivity (Wildman–Crippen MR) is 57.2 cm³/mol. The number of carbonyl (C=O) groups is 2. The topological polar surface area (TPSA) is 110 Å². The van der Waals surface area contributed by atoms with Gasteiger partial charge in [-0.1, -0.05) is 23.2 Å². The molecule has 0 aromatic rings. The summed E-state index contributed by atoms with van der Waals surface area (Å²) in [6, 6.07) is 0. The van der Waals surface area contributed by atoms with Gasteiger partial charge in [-0.25, -0.2) is 9.59 Å². The Hall–Kier alpha value is -0.430. The summed E-state index contributed by atoms with van der Waals surface area (Å²) in [4.78, 5) is 19.4. The molecule has 2 atom stereocenters. The van der Waals surface area contributed by atoms with Crippen molar-refractivity contribution in [1.82, 2.24) is 0 Å². The number of ether oxygens (including phenoxy) is 2. The lowest BCUT2D eigenvalue weighted by Gasteiger charge is -1.98. The van der Waals surface area contributed by atoms with Gasteiger partial charge in [0.1, 0.15) is 0 Å². The van der Waals surface area contributed by atoms with Gasteiger partial charge in [0, 0.05) is 11.6 Å². The Morgan fingerprint density at radius 2 is 1.47 bits per heavy atom. The van der Waals surface area contributed by atoms with Crippen LogP contribution in [-0.4, -0.2) is 28.1 Å². The molecule has 15 heavy (non-hydrogen) atoms. The van der Waals surface area contributed by atoms with Crippen molar-refractivity contribution in [3.8, 4) is 0 Å². The maximum absolute atomic E-state index is 9.73. The van der Waals surface area contributed by atoms with E-state index in [0.717, 1.165) is 0 Å². The van der Waals surface area contributed by atoms with Crippen molar-refractivity contribution in [3.63, 3.8) is 0 Å². The molecule has 0 heterocycles. The van der Waals surface area contributed by atoms with Crippen LogP contribution in [0.5, 0.6) is 0 Å². The Kier molecular flexibility index (Phi) is 15.6. The van der Waals surface area contributed by atoms with Gasteiger partial charge >= 0.3 is 11.5 Å². The van der Waals surface area contributed by atoms with Crippen molar-refractivity contribution in [2.75, 3.05) is 0 Å². The van der Waals surface area contributed by atoms with Crippen LogP contribution in [0.3, 0.4) is 0 Å². The Bertz CT molecular complexity index is 168. The number of alkyl halides is 2. The minimum atomic E-state index is -0.873. The highest BCUT2D eigenvalue weighted by Crippen LogP contribution is 1.98. The predicted octanol–water partition coefficient (Wildman–Crippen LogP) is 1.79. The van der Waals surface area contributed by atoms with E-state index in [9.17, 15) is 9.59 Å². The second kappa shape index (κ2) is 11.6. The highest BCUT2D eigenvalue weighted by atomic mass is 35.5. The Labute approximate surface area is 102 Å². The lowest BCUT2D eigenvalue weighted by Crippen LogP contribution is -2.16. The molecule has 0 aromatic heterocycles. The Morgan fingerprint density at radius 1 is 1.13 bits per heavy atom. The number of primary amides is 1. The van der Waals surface area contributed by atoms with E-state index in [1.807, 2.05) is 0 Å². The molecule has 2 unspecified atom stereocenters. The zero-order valence-electron chi connectivity index (χ0n) is 8.00. The molecular weight excluding hydrogens is 272 g/mol. The van der Waals surface area contributed by atoms with Crippen molar-refractivity contribution in [1.29, 1.82) is 0 Å². The Morgan fingerprint density at radius 3 is 1.47 bits per heavy atom. The van der Waals surface area contributed by atoms with E-state index in [1.54, 1.807) is 0 Å². The number of nitrogens with two attached hydrogens (primary N) is 1. The minimum Gasteiger partial charge on any atom is -0.434 e. The molecule has 0 radical (unpaired) electrons. The van der Waals surface area contributed by atoms with Gasteiger partial charge in [0.25, 0.3) is 0 Å². The smallest absolute Gasteiger partial charge is 0.405 e. The molecule has 0 aromatic carbocycles. The van der Waals surface area contributed by atoms with Crippen LogP contribution in [0.15, 0.2) is 0 Å². The molecule has 92 valence electrons. The van der Waals surface area contributed by atoms with Gasteiger partial charge in [-0.05, 0) is 13.8 Å². The molecule has 0 fully saturated rings. The van der Waals surface area contributed by atoms with Gasteiger partial charge in [-0.2, -0.15) is 0 Å². The zero-order valence-corrected chi connectivity index (χ0v) is 10.3. The zero-order chi connectivity index (χ0) is 11.7. The molecule has 9 heteroatoms. The number of hydrogen-bond donors (Lipinski definition) is 1. The summed E-state index contributed by atoms with van der Waals surface area (Å²) in [5, 5.41) is 0. The second-order valence-corrected chi connectivity index (χ2v) is 3.42. The average molecular weight is 285 g/mol. The summed E-state index contributed by atoms with van der Waals surface area (Å²) in [5.74, 6) is 0. The lowest BCUT2D eigenvalue weighted by molar-refractivity contribution is 0.149. The van der Waals surface area contributed by atoms with Crippen LogP contribution >= 0.6 is 34.8 Å². The minimum absolute atomic E-state index is 0. The van der Waals surface area contributed by atoms with Crippen molar-refractivity contribution >= 4 is 46.3 Å². The quantitative estimate of drug-likeness (QED) is 0.615. The molecule has 0 saturated heterocycles. The van der Waals surface area contributed by atoms with Gasteiger partial charge < -0.3 is 20.7 Å². The first-order valence-corrected chi connectivity index (χ1v) is 4.61. The third-order valence-corrected chi connectivity index (χ3v) is 0.801. The normalized spacial score (nSPS) is 12.1. The molecule has 6 nitrogen and oxygen atoms in total. The fourth-order valence-electron chi connectivity index (χ4n) is 0.288. The van der Waals surface area contributed by atoms with Crippen LogP contribution in [0.1, 0.15) is 13.8 Å². The van der Waals surface area contributed by atoms with Crippen molar-refractivity contribution < 1.29 is 24.5 Å². The molecule has 0 aliphatic rings. The summed E-state index contributed by atoms with van der Waals surface area (Å²) in [6.45, 7) is 3.01. The fraction of sp³-hybridized carbons (Fsp3) is 0.667. The second-order valence-electron chi connectivity index (χ2n) is 1.88. The maximum Gasteiger partial charge on any atom is 0.405 e. The van der Waals surface area contributed by atoms with Crippen LogP contribution in [0.2, 0.25) is 0 Å². The van der Waals surface area contributed by atoms with E-state index >= 15 is 0 Å². The van der Waals surface area contributed by atoms with Gasteiger partial charge in [0.15, 0.2) is 11.1 Å². The molecule has 4 N–H and O–H groups in total. The number of rotatable bonds is 2. The van der Waals surface area contributed by atoms with Gasteiger partial charge in [0.2, 0.25) is 0 Å². The first-order chi connectivity index (χ1) is 6.25. The summed E-state index contributed by atoms with van der Waals surface area (Å²) in [6.07, 6.45) is -0.845. The lowest BCUT2D eigenvalue weighted by atomic mass is 10.8. The fourth-order valence-corrected chi connectivity index (χ4v) is 0.636. The summed E-state index contributed by atoms with van der Waals surface area (Å²) >= 11 is 15.0. The first-order valence-electron chi connectivity index (χ1n) is 3.36. The summed E-state index contributed by atoms with van der Waals surface area (Å²) < 4.78 is 8.30. The average Bonchev–Trinajstić information content (AvgIpc) is 1.79. The molecule has 0 saturated carbocycles. The number of hydrogen-bond acceptors (Lipinski definition) is 4. The third-order valence-electron chi connectivity index (χ3n) is 0.534. The van der Waals surface area contributed by atoms with Gasteiger partial charge in [-0.3, -0.25) is 0 Å². The molecule has 0 spiro atoms. The van der Waals surface area contributed by atoms with E-state index in [1.165, 1.54) is 13.8 Å². The van der Waals surface area contributed by atoms with E-state index < -0.39 is 22.6 Å². The van der Waals surface area contributed by atoms with Crippen LogP contribution in [0.25, 0.3) is 0 Å². The van der Waals surface area contributed by atoms with Crippen molar-refractivity contribution in [2.45, 2.75) is 25.0 Å². The molecular formula is C6H12Cl3NO5. The SMILES string of the molecule is CC(Cl)OC(=O)Cl.CC(Cl)OC(N)=O.O. The highest BCUT2D eigenvalue weighted by Gasteiger charge is 1.98. The first kappa shape index (κ1) is 20.0. The molecule has 0 rings (SSSR count). The van der Waals surface area contributed by atoms with Gasteiger partial charge in [-0.15, -0.1) is 0 Å². The van der Waals surface area contributed by atoms with Gasteiger partial charge in [0.05, 0.1) is 0 Å². The van der Waals surface area contributed by atoms with Crippen molar-refractivity contribution in [2.24, 2.45) is 5.73 Å². The molecule has 0 aliphatic heterocycles. The van der Waals surface area contributed by atoms with E-state index in [4.69, 9.17) is 34.8 Å². The van der Waals surface area contributed by atoms with Crippen LogP contribution in [-0.2, 0) is 9.47 Å². The number of carbonyl (C=O) groups excluding carboxylic acids is 2. The maximum atomic E-state index is 9.73. The highest BCUT2D eigenvalue weighted by molar-refractivity contribution is 6.61.